The summed E-state index contributed by atoms with van der Waals surface area (Å²) in [6, 6.07) is 0.366. The first-order chi connectivity index (χ1) is 8.72. The summed E-state index contributed by atoms with van der Waals surface area (Å²) in [6.45, 7) is 0. The maximum Gasteiger partial charge on any atom is 0.311 e. The molecule has 4 bridgehead atoms. The number of nitrogens with one attached hydrogen (secondary N) is 1. The molecule has 2 heterocycles. The first-order valence-corrected chi connectivity index (χ1v) is 6.80. The summed E-state index contributed by atoms with van der Waals surface area (Å²) < 4.78 is 0. The van der Waals surface area contributed by atoms with Crippen LogP contribution < -0.4 is 5.32 Å². The predicted molar refractivity (Wildman–Crippen MR) is 67.7 cm³/mol. The summed E-state index contributed by atoms with van der Waals surface area (Å²) in [4.78, 5) is 12.0. The van der Waals surface area contributed by atoms with Crippen LogP contribution in [0.5, 0.6) is 0 Å². The molecule has 5 rings (SSSR count). The molecule has 18 heavy (non-hydrogen) atoms. The summed E-state index contributed by atoms with van der Waals surface area (Å²) in [5.41, 5.74) is 1.84. The molecule has 2 aliphatic heterocycles. The van der Waals surface area contributed by atoms with Crippen LogP contribution in [0.25, 0.3) is 0 Å². The molecule has 3 heteroatoms. The number of hydrogen-bond donors (Lipinski definition) is 2. The Balaban J connectivity index is 1.93. The molecule has 0 amide bonds. The van der Waals surface area contributed by atoms with E-state index in [1.165, 1.54) is 11.3 Å². The molecule has 3 nitrogen and oxygen atoms in total. The molecule has 2 N–H and O–H groups in total. The Morgan fingerprint density at radius 2 is 2.28 bits per heavy atom. The second-order valence-electron chi connectivity index (χ2n) is 6.00. The number of carboxylic acid groups (broad SMARTS) is 1. The summed E-state index contributed by atoms with van der Waals surface area (Å²) in [6.07, 6.45) is 12.3. The normalized spacial score (nSPS) is 43.7. The molecule has 0 spiro atoms. The van der Waals surface area contributed by atoms with Gasteiger partial charge in [-0.05, 0) is 37.3 Å². The Bertz CT molecular complexity index is 517. The number of rotatable bonds is 1. The van der Waals surface area contributed by atoms with E-state index >= 15 is 0 Å². The van der Waals surface area contributed by atoms with Gasteiger partial charge in [0.05, 0.1) is 5.41 Å². The van der Waals surface area contributed by atoms with Crippen molar-refractivity contribution in [1.82, 2.24) is 5.32 Å². The Morgan fingerprint density at radius 3 is 3.06 bits per heavy atom. The SMILES string of the molecule is O=C(O)C12CC3CCC1C(=CC1=CC=CCC12)N3. The lowest BCUT2D eigenvalue weighted by atomic mass is 9.50. The van der Waals surface area contributed by atoms with Crippen molar-refractivity contribution in [1.29, 1.82) is 0 Å². The average molecular weight is 243 g/mol. The quantitative estimate of drug-likeness (QED) is 0.742. The fourth-order valence-electron chi connectivity index (χ4n) is 4.56. The summed E-state index contributed by atoms with van der Waals surface area (Å²) in [5.74, 6) is -0.206. The van der Waals surface area contributed by atoms with Gasteiger partial charge in [-0.1, -0.05) is 18.2 Å². The van der Waals surface area contributed by atoms with E-state index in [1.807, 2.05) is 0 Å². The second-order valence-corrected chi connectivity index (χ2v) is 6.00. The summed E-state index contributed by atoms with van der Waals surface area (Å²) in [7, 11) is 0. The molecule has 3 aliphatic carbocycles. The molecule has 2 saturated heterocycles. The number of fused-ring (bicyclic) bond motifs is 2. The zero-order chi connectivity index (χ0) is 12.3. The molecule has 0 aromatic carbocycles. The molecule has 0 aromatic heterocycles. The molecule has 4 atom stereocenters. The highest BCUT2D eigenvalue weighted by molar-refractivity contribution is 5.79. The average Bonchev–Trinajstić information content (AvgIpc) is 2.39. The number of carbonyl (C=O) groups is 1. The molecule has 3 fully saturated rings. The van der Waals surface area contributed by atoms with Gasteiger partial charge in [0.15, 0.2) is 0 Å². The Kier molecular flexibility index (Phi) is 1.90. The van der Waals surface area contributed by atoms with E-state index in [-0.39, 0.29) is 11.8 Å². The van der Waals surface area contributed by atoms with Gasteiger partial charge in [-0.2, -0.15) is 0 Å². The van der Waals surface area contributed by atoms with Gasteiger partial charge < -0.3 is 10.4 Å². The van der Waals surface area contributed by atoms with Crippen molar-refractivity contribution >= 4 is 5.97 Å². The van der Waals surface area contributed by atoms with Crippen molar-refractivity contribution in [2.24, 2.45) is 17.3 Å². The van der Waals surface area contributed by atoms with E-state index in [9.17, 15) is 9.90 Å². The third kappa shape index (κ3) is 1.08. The van der Waals surface area contributed by atoms with Crippen LogP contribution in [0.4, 0.5) is 0 Å². The predicted octanol–water partition coefficient (Wildman–Crippen LogP) is 2.23. The van der Waals surface area contributed by atoms with Gasteiger partial charge in [0.1, 0.15) is 0 Å². The van der Waals surface area contributed by atoms with Gasteiger partial charge in [-0.25, -0.2) is 0 Å². The van der Waals surface area contributed by atoms with Crippen molar-refractivity contribution in [3.8, 4) is 0 Å². The molecule has 0 aromatic rings. The highest BCUT2D eigenvalue weighted by Crippen LogP contribution is 2.59. The van der Waals surface area contributed by atoms with Crippen molar-refractivity contribution in [3.05, 3.63) is 35.6 Å². The van der Waals surface area contributed by atoms with Crippen molar-refractivity contribution in [3.63, 3.8) is 0 Å². The van der Waals surface area contributed by atoms with Crippen LogP contribution in [0.2, 0.25) is 0 Å². The number of hydrogen-bond acceptors (Lipinski definition) is 2. The zero-order valence-corrected chi connectivity index (χ0v) is 10.2. The van der Waals surface area contributed by atoms with Gasteiger partial charge in [0.2, 0.25) is 0 Å². The van der Waals surface area contributed by atoms with Crippen LogP contribution >= 0.6 is 0 Å². The summed E-state index contributed by atoms with van der Waals surface area (Å²) in [5, 5.41) is 13.4. The first kappa shape index (κ1) is 10.4. The van der Waals surface area contributed by atoms with Crippen LogP contribution in [0.15, 0.2) is 35.6 Å². The fraction of sp³-hybridized carbons (Fsp3) is 0.533. The molecule has 0 radical (unpaired) electrons. The Labute approximate surface area is 106 Å². The smallest absolute Gasteiger partial charge is 0.311 e. The van der Waals surface area contributed by atoms with E-state index in [4.69, 9.17) is 0 Å². The van der Waals surface area contributed by atoms with E-state index < -0.39 is 11.4 Å². The molecule has 4 unspecified atom stereocenters. The maximum atomic E-state index is 12.0. The second kappa shape index (κ2) is 3.28. The van der Waals surface area contributed by atoms with E-state index in [0.717, 1.165) is 25.7 Å². The van der Waals surface area contributed by atoms with Gasteiger partial charge in [0.25, 0.3) is 0 Å². The van der Waals surface area contributed by atoms with Gasteiger partial charge in [-0.3, -0.25) is 4.79 Å². The standard InChI is InChI=1S/C15H17NO2/c17-14(18)15-8-10-5-6-12(15)13(16-10)7-9-3-1-2-4-11(9)15/h1-3,7,10-12,16H,4-6,8H2,(H,17,18). The third-order valence-corrected chi connectivity index (χ3v) is 5.30. The molecule has 1 saturated carbocycles. The Hall–Kier alpha value is -1.51. The van der Waals surface area contributed by atoms with Gasteiger partial charge in [0, 0.05) is 23.6 Å². The van der Waals surface area contributed by atoms with Crippen LogP contribution in [-0.2, 0) is 4.79 Å². The van der Waals surface area contributed by atoms with Crippen LogP contribution in [-0.4, -0.2) is 17.1 Å². The largest absolute Gasteiger partial charge is 0.481 e. The zero-order valence-electron chi connectivity index (χ0n) is 10.2. The van der Waals surface area contributed by atoms with Crippen LogP contribution in [0.3, 0.4) is 0 Å². The highest BCUT2D eigenvalue weighted by Gasteiger charge is 2.61. The molecular weight excluding hydrogens is 226 g/mol. The lowest BCUT2D eigenvalue weighted by Crippen LogP contribution is -2.61. The molecule has 94 valence electrons. The molecular formula is C15H17NO2. The summed E-state index contributed by atoms with van der Waals surface area (Å²) >= 11 is 0. The van der Waals surface area contributed by atoms with Crippen LogP contribution in [0.1, 0.15) is 25.7 Å². The number of carboxylic acids is 1. The van der Waals surface area contributed by atoms with E-state index in [0.29, 0.717) is 6.04 Å². The van der Waals surface area contributed by atoms with Crippen LogP contribution in [0, 0.1) is 17.3 Å². The maximum absolute atomic E-state index is 12.0. The number of piperidine rings is 2. The van der Waals surface area contributed by atoms with Crippen molar-refractivity contribution in [2.45, 2.75) is 31.7 Å². The Morgan fingerprint density at radius 1 is 1.39 bits per heavy atom. The fourth-order valence-corrected chi connectivity index (χ4v) is 4.56. The first-order valence-electron chi connectivity index (χ1n) is 6.80. The minimum absolute atomic E-state index is 0.179. The molecule has 5 aliphatic rings. The minimum Gasteiger partial charge on any atom is -0.481 e. The van der Waals surface area contributed by atoms with E-state index in [2.05, 4.69) is 29.6 Å². The lowest BCUT2D eigenvalue weighted by molar-refractivity contribution is -0.161. The monoisotopic (exact) mass is 243 g/mol. The highest BCUT2D eigenvalue weighted by atomic mass is 16.4. The minimum atomic E-state index is -0.587. The van der Waals surface area contributed by atoms with Gasteiger partial charge >= 0.3 is 5.97 Å². The topological polar surface area (TPSA) is 49.3 Å². The van der Waals surface area contributed by atoms with Gasteiger partial charge in [-0.15, -0.1) is 0 Å². The third-order valence-electron chi connectivity index (χ3n) is 5.30. The lowest BCUT2D eigenvalue weighted by Gasteiger charge is -2.57. The van der Waals surface area contributed by atoms with E-state index in [1.54, 1.807) is 0 Å². The van der Waals surface area contributed by atoms with Crippen molar-refractivity contribution in [2.75, 3.05) is 0 Å². The number of aliphatic carboxylic acids is 1. The number of allylic oxidation sites excluding steroid dienone is 6. The van der Waals surface area contributed by atoms with Crippen molar-refractivity contribution < 1.29 is 9.90 Å².